The molecule has 1 atom stereocenters. The number of nitrogens with zero attached hydrogens (tertiary/aromatic N) is 1. The van der Waals surface area contributed by atoms with Crippen LogP contribution in [0.25, 0.3) is 0 Å². The Bertz CT molecular complexity index is 648. The number of hydrogen-bond donors (Lipinski definition) is 2. The average molecular weight is 367 g/mol. The lowest BCUT2D eigenvalue weighted by Crippen LogP contribution is -2.32. The van der Waals surface area contributed by atoms with Crippen molar-refractivity contribution in [2.75, 3.05) is 14.1 Å². The zero-order valence-corrected chi connectivity index (χ0v) is 13.4. The van der Waals surface area contributed by atoms with Crippen molar-refractivity contribution in [1.82, 2.24) is 9.62 Å². The fraction of sp³-hybridized carbons (Fsp3) is 0.286. The Balaban J connectivity index is 3.16. The third-order valence-electron chi connectivity index (χ3n) is 2.84. The molecule has 132 valence electrons. The number of allylic oxidation sites excluding steroid dienone is 1. The van der Waals surface area contributed by atoms with Crippen LogP contribution in [-0.4, -0.2) is 36.7 Å². The van der Waals surface area contributed by atoms with Crippen molar-refractivity contribution in [2.45, 2.75) is 12.2 Å². The first kappa shape index (κ1) is 20.1. The summed E-state index contributed by atoms with van der Waals surface area (Å²) in [5.74, 6) is -3.24. The molecule has 10 heteroatoms. The molecule has 2 N–H and O–H groups in total. The van der Waals surface area contributed by atoms with E-state index in [9.17, 15) is 26.7 Å². The van der Waals surface area contributed by atoms with E-state index in [1.165, 1.54) is 7.05 Å². The van der Waals surface area contributed by atoms with Crippen molar-refractivity contribution in [3.8, 4) is 0 Å². The first-order chi connectivity index (χ1) is 11.1. The van der Waals surface area contributed by atoms with Crippen molar-refractivity contribution in [3.05, 3.63) is 46.4 Å². The summed E-state index contributed by atoms with van der Waals surface area (Å²) in [6.45, 7) is 0. The molecular weight excluding hydrogens is 353 g/mol. The predicted octanol–water partition coefficient (Wildman–Crippen LogP) is 3.43. The van der Waals surface area contributed by atoms with E-state index in [0.29, 0.717) is 28.4 Å². The molecule has 0 aliphatic carbocycles. The largest absolute Gasteiger partial charge is 0.408 e. The topological polar surface area (TPSA) is 56.2 Å². The van der Waals surface area contributed by atoms with Gasteiger partial charge in [-0.2, -0.15) is 13.2 Å². The number of nitrogens with one attached hydrogen (secondary N) is 2. The molecule has 0 unspecified atom stereocenters. The molecule has 24 heavy (non-hydrogen) atoms. The zero-order valence-electron chi connectivity index (χ0n) is 12.6. The molecule has 0 aliphatic heterocycles. The summed E-state index contributed by atoms with van der Waals surface area (Å²) in [5, 5.41) is 9.42. The van der Waals surface area contributed by atoms with Crippen LogP contribution in [0, 0.1) is 17.0 Å². The zero-order chi connectivity index (χ0) is 18.5. The fourth-order valence-electron chi connectivity index (χ4n) is 1.80. The number of likely N-dealkylation sites (N-methyl/N-ethyl adjacent to an activating group) is 1. The molecule has 0 saturated carbocycles. The van der Waals surface area contributed by atoms with E-state index in [1.54, 1.807) is 0 Å². The first-order valence-corrected chi connectivity index (χ1v) is 7.23. The molecule has 0 aliphatic rings. The normalized spacial score (nSPS) is 13.8. The molecule has 0 spiro atoms. The van der Waals surface area contributed by atoms with Gasteiger partial charge in [0.05, 0.1) is 0 Å². The van der Waals surface area contributed by atoms with Gasteiger partial charge in [-0.1, -0.05) is 6.07 Å². The molecule has 1 rings (SSSR count). The quantitative estimate of drug-likeness (QED) is 0.351. The Kier molecular flexibility index (Phi) is 6.91. The van der Waals surface area contributed by atoms with E-state index < -0.39 is 35.3 Å². The SMILES string of the molecule is CNC(=O)/C=C(\C=N)SN(C)[C@H](c1ccc(F)c(F)c1)C(F)(F)F. The number of hydrogen-bond acceptors (Lipinski definition) is 4. The Hall–Kier alpha value is -1.94. The minimum Gasteiger partial charge on any atom is -0.356 e. The molecule has 0 bridgehead atoms. The fourth-order valence-corrected chi connectivity index (χ4v) is 2.69. The van der Waals surface area contributed by atoms with E-state index in [4.69, 9.17) is 5.41 Å². The number of carbonyl (C=O) groups is 1. The summed E-state index contributed by atoms with van der Waals surface area (Å²) in [4.78, 5) is 11.2. The number of carbonyl (C=O) groups excluding carboxylic acids is 1. The van der Waals surface area contributed by atoms with Crippen LogP contribution in [-0.2, 0) is 4.79 Å². The number of halogens is 5. The lowest BCUT2D eigenvalue weighted by molar-refractivity contribution is -0.169. The highest BCUT2D eigenvalue weighted by Crippen LogP contribution is 2.41. The molecule has 4 nitrogen and oxygen atoms in total. The molecule has 1 aromatic rings. The minimum absolute atomic E-state index is 0.0614. The van der Waals surface area contributed by atoms with E-state index in [2.05, 4.69) is 5.32 Å². The monoisotopic (exact) mass is 367 g/mol. The highest BCUT2D eigenvalue weighted by Gasteiger charge is 2.44. The van der Waals surface area contributed by atoms with E-state index in [-0.39, 0.29) is 4.91 Å². The van der Waals surface area contributed by atoms with Gasteiger partial charge in [0, 0.05) is 24.2 Å². The molecule has 1 amide bonds. The summed E-state index contributed by atoms with van der Waals surface area (Å²) in [6, 6.07) is -0.345. The van der Waals surface area contributed by atoms with Crippen LogP contribution >= 0.6 is 11.9 Å². The van der Waals surface area contributed by atoms with Crippen LogP contribution in [0.2, 0.25) is 0 Å². The van der Waals surface area contributed by atoms with Crippen LogP contribution in [0.15, 0.2) is 29.2 Å². The standard InChI is InChI=1S/C14H14F5N3OS/c1-21-12(23)6-9(7-20)24-22(2)13(14(17,18)19)8-3-4-10(15)11(16)5-8/h3-7,13,20H,1-2H3,(H,21,23)/b9-6+,20-7?/t13-/m1/s1. The maximum atomic E-state index is 13.3. The molecular formula is C14H14F5N3OS. The second kappa shape index (κ2) is 8.25. The van der Waals surface area contributed by atoms with E-state index in [0.717, 1.165) is 25.4 Å². The second-order valence-electron chi connectivity index (χ2n) is 4.56. The predicted molar refractivity (Wildman–Crippen MR) is 81.4 cm³/mol. The maximum absolute atomic E-state index is 13.3. The lowest BCUT2D eigenvalue weighted by Gasteiger charge is -2.29. The molecule has 0 fully saturated rings. The van der Waals surface area contributed by atoms with Gasteiger partial charge in [-0.25, -0.2) is 13.1 Å². The number of amides is 1. The third kappa shape index (κ3) is 5.31. The minimum atomic E-state index is -4.79. The van der Waals surface area contributed by atoms with Gasteiger partial charge in [0.15, 0.2) is 11.6 Å². The van der Waals surface area contributed by atoms with Gasteiger partial charge >= 0.3 is 6.18 Å². The van der Waals surface area contributed by atoms with Gasteiger partial charge < -0.3 is 10.7 Å². The van der Waals surface area contributed by atoms with Crippen LogP contribution in [0.5, 0.6) is 0 Å². The van der Waals surface area contributed by atoms with Gasteiger partial charge in [0.1, 0.15) is 6.04 Å². The van der Waals surface area contributed by atoms with E-state index in [1.807, 2.05) is 0 Å². The third-order valence-corrected chi connectivity index (χ3v) is 3.79. The number of benzene rings is 1. The number of rotatable bonds is 6. The van der Waals surface area contributed by atoms with Gasteiger partial charge in [-0.05, 0) is 36.7 Å². The van der Waals surface area contributed by atoms with Gasteiger partial charge in [-0.15, -0.1) is 0 Å². The Morgan fingerprint density at radius 2 is 1.96 bits per heavy atom. The Morgan fingerprint density at radius 3 is 2.42 bits per heavy atom. The second-order valence-corrected chi connectivity index (χ2v) is 5.79. The summed E-state index contributed by atoms with van der Waals surface area (Å²) >= 11 is 0.483. The van der Waals surface area contributed by atoms with Crippen molar-refractivity contribution >= 4 is 24.1 Å². The van der Waals surface area contributed by atoms with Gasteiger partial charge in [0.25, 0.3) is 0 Å². The maximum Gasteiger partial charge on any atom is 0.408 e. The molecule has 0 radical (unpaired) electrons. The van der Waals surface area contributed by atoms with Crippen molar-refractivity contribution in [2.24, 2.45) is 0 Å². The summed E-state index contributed by atoms with van der Waals surface area (Å²) in [6.07, 6.45) is -3.12. The lowest BCUT2D eigenvalue weighted by atomic mass is 10.1. The van der Waals surface area contributed by atoms with E-state index >= 15 is 0 Å². The number of alkyl halides is 3. The van der Waals surface area contributed by atoms with Crippen LogP contribution in [0.4, 0.5) is 22.0 Å². The van der Waals surface area contributed by atoms with Crippen molar-refractivity contribution in [3.63, 3.8) is 0 Å². The molecule has 0 heterocycles. The first-order valence-electron chi connectivity index (χ1n) is 6.46. The van der Waals surface area contributed by atoms with Gasteiger partial charge in [0.2, 0.25) is 5.91 Å². The Labute approximate surface area is 139 Å². The van der Waals surface area contributed by atoms with Crippen LogP contribution in [0.1, 0.15) is 11.6 Å². The summed E-state index contributed by atoms with van der Waals surface area (Å²) < 4.78 is 67.0. The highest BCUT2D eigenvalue weighted by molar-refractivity contribution is 8.01. The highest BCUT2D eigenvalue weighted by atomic mass is 32.2. The summed E-state index contributed by atoms with van der Waals surface area (Å²) in [5.41, 5.74) is -0.499. The molecule has 0 saturated heterocycles. The Morgan fingerprint density at radius 1 is 1.33 bits per heavy atom. The average Bonchev–Trinajstić information content (AvgIpc) is 2.48. The molecule has 0 aromatic heterocycles. The van der Waals surface area contributed by atoms with Crippen LogP contribution in [0.3, 0.4) is 0 Å². The van der Waals surface area contributed by atoms with Crippen molar-refractivity contribution in [1.29, 1.82) is 5.41 Å². The molecule has 1 aromatic carbocycles. The van der Waals surface area contributed by atoms with Crippen molar-refractivity contribution < 1.29 is 26.7 Å². The van der Waals surface area contributed by atoms with Crippen LogP contribution < -0.4 is 5.32 Å². The smallest absolute Gasteiger partial charge is 0.356 e. The van der Waals surface area contributed by atoms with Gasteiger partial charge in [-0.3, -0.25) is 4.79 Å². The summed E-state index contributed by atoms with van der Waals surface area (Å²) in [7, 11) is 2.40.